The number of carbonyl (C=O) groups is 2. The highest BCUT2D eigenvalue weighted by molar-refractivity contribution is 6.07. The fourth-order valence-corrected chi connectivity index (χ4v) is 4.55. The highest BCUT2D eigenvalue weighted by Crippen LogP contribution is 2.48. The van der Waals surface area contributed by atoms with Crippen LogP contribution >= 0.6 is 0 Å². The van der Waals surface area contributed by atoms with Crippen molar-refractivity contribution in [2.45, 2.75) is 82.6 Å². The van der Waals surface area contributed by atoms with Gasteiger partial charge in [0.1, 0.15) is 5.54 Å². The number of nitriles is 1. The summed E-state index contributed by atoms with van der Waals surface area (Å²) in [6, 6.07) is 2.34. The van der Waals surface area contributed by atoms with Crippen molar-refractivity contribution in [3.63, 3.8) is 0 Å². The summed E-state index contributed by atoms with van der Waals surface area (Å²) < 4.78 is 0. The van der Waals surface area contributed by atoms with E-state index in [0.29, 0.717) is 19.3 Å². The van der Waals surface area contributed by atoms with Crippen molar-refractivity contribution in [1.82, 2.24) is 4.90 Å². The first-order valence-corrected chi connectivity index (χ1v) is 8.42. The molecule has 114 valence electrons. The van der Waals surface area contributed by atoms with Crippen molar-refractivity contribution in [3.05, 3.63) is 0 Å². The molecule has 0 unspecified atom stereocenters. The smallest absolute Gasteiger partial charge is 0.237 e. The van der Waals surface area contributed by atoms with Crippen molar-refractivity contribution in [3.8, 4) is 6.07 Å². The van der Waals surface area contributed by atoms with E-state index in [4.69, 9.17) is 0 Å². The van der Waals surface area contributed by atoms with Crippen LogP contribution in [-0.2, 0) is 9.59 Å². The molecule has 1 saturated heterocycles. The second-order valence-electron chi connectivity index (χ2n) is 7.11. The Morgan fingerprint density at radius 1 is 0.857 bits per heavy atom. The first-order chi connectivity index (χ1) is 10.1. The molecule has 3 fully saturated rings. The van der Waals surface area contributed by atoms with Crippen LogP contribution in [0.15, 0.2) is 0 Å². The van der Waals surface area contributed by atoms with E-state index in [1.807, 2.05) is 0 Å². The monoisotopic (exact) mass is 288 g/mol. The number of nitrogens with zero attached hydrogens (tertiary/aromatic N) is 2. The zero-order valence-corrected chi connectivity index (χ0v) is 12.7. The zero-order chi connectivity index (χ0) is 14.9. The predicted molar refractivity (Wildman–Crippen MR) is 78.0 cm³/mol. The molecule has 1 spiro atoms. The summed E-state index contributed by atoms with van der Waals surface area (Å²) in [7, 11) is 0. The average molecular weight is 288 g/mol. The SMILES string of the molecule is N#CC1(N2C(=O)CC3(CCCCCC3)C2=O)CCCCC1. The molecule has 0 bridgehead atoms. The van der Waals surface area contributed by atoms with Gasteiger partial charge >= 0.3 is 0 Å². The third kappa shape index (κ3) is 2.27. The molecule has 0 atom stereocenters. The molecule has 21 heavy (non-hydrogen) atoms. The van der Waals surface area contributed by atoms with Crippen molar-refractivity contribution >= 4 is 11.8 Å². The molecular formula is C17H24N2O2. The van der Waals surface area contributed by atoms with E-state index in [0.717, 1.165) is 57.8 Å². The maximum Gasteiger partial charge on any atom is 0.237 e. The molecule has 0 N–H and O–H groups in total. The quantitative estimate of drug-likeness (QED) is 0.695. The number of carbonyl (C=O) groups excluding carboxylic acids is 2. The zero-order valence-electron chi connectivity index (χ0n) is 12.7. The second-order valence-corrected chi connectivity index (χ2v) is 7.11. The summed E-state index contributed by atoms with van der Waals surface area (Å²) in [5.41, 5.74) is -1.32. The summed E-state index contributed by atoms with van der Waals surface area (Å²) in [4.78, 5) is 27.1. The third-order valence-corrected chi connectivity index (χ3v) is 5.77. The van der Waals surface area contributed by atoms with E-state index in [1.54, 1.807) is 0 Å². The summed E-state index contributed by atoms with van der Waals surface area (Å²) in [6.45, 7) is 0. The Labute approximate surface area is 126 Å². The van der Waals surface area contributed by atoms with E-state index in [2.05, 4.69) is 6.07 Å². The highest BCUT2D eigenvalue weighted by atomic mass is 16.2. The molecule has 4 heteroatoms. The summed E-state index contributed by atoms with van der Waals surface area (Å²) in [5.74, 6) is -0.122. The van der Waals surface area contributed by atoms with Crippen LogP contribution in [0, 0.1) is 16.7 Å². The van der Waals surface area contributed by atoms with Crippen LogP contribution in [0.2, 0.25) is 0 Å². The van der Waals surface area contributed by atoms with Gasteiger partial charge in [-0.1, -0.05) is 44.9 Å². The molecule has 3 aliphatic rings. The van der Waals surface area contributed by atoms with Gasteiger partial charge in [0.2, 0.25) is 11.8 Å². The van der Waals surface area contributed by atoms with Crippen LogP contribution in [0.1, 0.15) is 77.0 Å². The van der Waals surface area contributed by atoms with Gasteiger partial charge in [0.25, 0.3) is 0 Å². The number of rotatable bonds is 1. The van der Waals surface area contributed by atoms with Gasteiger partial charge in [-0.3, -0.25) is 14.5 Å². The Kier molecular flexibility index (Phi) is 3.77. The number of hydrogen-bond acceptors (Lipinski definition) is 3. The molecule has 2 saturated carbocycles. The maximum absolute atomic E-state index is 13.1. The molecule has 2 amide bonds. The van der Waals surface area contributed by atoms with Crippen LogP contribution < -0.4 is 0 Å². The lowest BCUT2D eigenvalue weighted by atomic mass is 9.77. The average Bonchev–Trinajstić information content (AvgIpc) is 2.67. The minimum absolute atomic E-state index is 0.0298. The number of imide groups is 1. The van der Waals surface area contributed by atoms with Crippen LogP contribution in [-0.4, -0.2) is 22.3 Å². The molecule has 0 radical (unpaired) electrons. The van der Waals surface area contributed by atoms with Crippen molar-refractivity contribution < 1.29 is 9.59 Å². The topological polar surface area (TPSA) is 61.2 Å². The van der Waals surface area contributed by atoms with Crippen LogP contribution in [0.25, 0.3) is 0 Å². The predicted octanol–water partition coefficient (Wildman–Crippen LogP) is 3.31. The molecule has 2 aliphatic carbocycles. The van der Waals surface area contributed by atoms with Gasteiger partial charge in [-0.25, -0.2) is 0 Å². The molecule has 3 rings (SSSR count). The lowest BCUT2D eigenvalue weighted by Gasteiger charge is -2.38. The molecule has 0 aromatic rings. The van der Waals surface area contributed by atoms with E-state index >= 15 is 0 Å². The van der Waals surface area contributed by atoms with Crippen molar-refractivity contribution in [2.75, 3.05) is 0 Å². The van der Waals surface area contributed by atoms with Gasteiger partial charge in [-0.05, 0) is 25.7 Å². The van der Waals surface area contributed by atoms with E-state index < -0.39 is 11.0 Å². The molecule has 0 aromatic heterocycles. The lowest BCUT2D eigenvalue weighted by Crippen LogP contribution is -2.53. The van der Waals surface area contributed by atoms with Crippen molar-refractivity contribution in [2.24, 2.45) is 5.41 Å². The Bertz CT molecular complexity index is 478. The Balaban J connectivity index is 1.91. The van der Waals surface area contributed by atoms with Gasteiger partial charge in [-0.2, -0.15) is 5.26 Å². The number of amides is 2. The van der Waals surface area contributed by atoms with Crippen LogP contribution in [0.3, 0.4) is 0 Å². The van der Waals surface area contributed by atoms with Gasteiger partial charge in [0.05, 0.1) is 11.5 Å². The first-order valence-electron chi connectivity index (χ1n) is 8.42. The van der Waals surface area contributed by atoms with Gasteiger partial charge in [0, 0.05) is 6.42 Å². The molecule has 1 aliphatic heterocycles. The number of likely N-dealkylation sites (tertiary alicyclic amines) is 1. The second kappa shape index (κ2) is 5.44. The van der Waals surface area contributed by atoms with Crippen molar-refractivity contribution in [1.29, 1.82) is 5.26 Å². The highest BCUT2D eigenvalue weighted by Gasteiger charge is 2.57. The number of hydrogen-bond donors (Lipinski definition) is 0. The van der Waals surface area contributed by atoms with E-state index in [-0.39, 0.29) is 11.8 Å². The fraction of sp³-hybridized carbons (Fsp3) is 0.824. The van der Waals surface area contributed by atoms with E-state index in [1.165, 1.54) is 4.90 Å². The van der Waals surface area contributed by atoms with Gasteiger partial charge < -0.3 is 0 Å². The van der Waals surface area contributed by atoms with E-state index in [9.17, 15) is 14.9 Å². The summed E-state index contributed by atoms with van der Waals surface area (Å²) >= 11 is 0. The lowest BCUT2D eigenvalue weighted by molar-refractivity contribution is -0.148. The molecule has 4 nitrogen and oxygen atoms in total. The normalized spacial score (nSPS) is 28.4. The Morgan fingerprint density at radius 3 is 1.95 bits per heavy atom. The molecular weight excluding hydrogens is 264 g/mol. The standard InChI is InChI=1S/C17H24N2O2/c18-13-17(10-6-3-7-11-17)19-14(20)12-16(15(19)21)8-4-1-2-5-9-16/h1-12H2. The molecule has 0 aromatic carbocycles. The largest absolute Gasteiger partial charge is 0.274 e. The molecule has 1 heterocycles. The minimum Gasteiger partial charge on any atom is -0.274 e. The van der Waals surface area contributed by atoms with Crippen LogP contribution in [0.5, 0.6) is 0 Å². The fourth-order valence-electron chi connectivity index (χ4n) is 4.55. The first kappa shape index (κ1) is 14.6. The Morgan fingerprint density at radius 2 is 1.38 bits per heavy atom. The minimum atomic E-state index is -0.845. The van der Waals surface area contributed by atoms with Gasteiger partial charge in [-0.15, -0.1) is 0 Å². The summed E-state index contributed by atoms with van der Waals surface area (Å²) in [6.07, 6.45) is 10.7. The Hall–Kier alpha value is -1.37. The maximum atomic E-state index is 13.1. The third-order valence-electron chi connectivity index (χ3n) is 5.77. The summed E-state index contributed by atoms with van der Waals surface area (Å²) in [5, 5.41) is 9.68. The van der Waals surface area contributed by atoms with Crippen LogP contribution in [0.4, 0.5) is 0 Å². The van der Waals surface area contributed by atoms with Gasteiger partial charge in [0.15, 0.2) is 0 Å².